The fraction of sp³-hybridized carbons (Fsp3) is 0.385. The molecule has 5 N–H and O–H groups in total. The Morgan fingerprint density at radius 1 is 1.05 bits per heavy atom. The average Bonchev–Trinajstić information content (AvgIpc) is 2.39. The Hall–Kier alpha value is -2.12. The molecule has 1 rings (SSSR count). The van der Waals surface area contributed by atoms with Gasteiger partial charge in [0.15, 0.2) is 6.29 Å². The van der Waals surface area contributed by atoms with E-state index in [0.29, 0.717) is 5.69 Å². The van der Waals surface area contributed by atoms with Crippen molar-refractivity contribution in [1.82, 2.24) is 0 Å². The van der Waals surface area contributed by atoms with Crippen molar-refractivity contribution in [2.75, 3.05) is 19.5 Å². The zero-order valence-electron chi connectivity index (χ0n) is 11.7. The van der Waals surface area contributed by atoms with E-state index in [-0.39, 0.29) is 17.2 Å². The first-order chi connectivity index (χ1) is 9.38. The van der Waals surface area contributed by atoms with Crippen LogP contribution < -0.4 is 16.8 Å². The Bertz CT molecular complexity index is 468. The minimum Gasteiger partial charge on any atom is -0.377 e. The van der Waals surface area contributed by atoms with Crippen LogP contribution in [-0.2, 0) is 9.47 Å². The Morgan fingerprint density at radius 2 is 1.50 bits per heavy atom. The highest BCUT2D eigenvalue weighted by atomic mass is 16.7. The molecule has 0 saturated heterocycles. The van der Waals surface area contributed by atoms with E-state index in [1.165, 1.54) is 32.4 Å². The number of carbonyl (C=O) groups is 2. The van der Waals surface area contributed by atoms with Crippen LogP contribution in [0, 0.1) is 0 Å². The summed E-state index contributed by atoms with van der Waals surface area (Å²) < 4.78 is 10.2. The van der Waals surface area contributed by atoms with Gasteiger partial charge in [0.25, 0.3) is 0 Å². The molecule has 7 heteroatoms. The summed E-state index contributed by atoms with van der Waals surface area (Å²) in [7, 11) is 3.03. The van der Waals surface area contributed by atoms with Gasteiger partial charge in [0.2, 0.25) is 11.8 Å². The van der Waals surface area contributed by atoms with Gasteiger partial charge in [0.1, 0.15) is 0 Å². The summed E-state index contributed by atoms with van der Waals surface area (Å²) in [6, 6.07) is 4.21. The minimum absolute atomic E-state index is 0.197. The molecule has 7 nitrogen and oxygen atoms in total. The SMILES string of the molecule is COC(OC)C(C)Nc1cc(C(N)=O)cc(C(N)=O)c1. The molecule has 0 aliphatic rings. The molecule has 0 spiro atoms. The largest absolute Gasteiger partial charge is 0.377 e. The summed E-state index contributed by atoms with van der Waals surface area (Å²) in [4.78, 5) is 22.5. The normalized spacial score (nSPS) is 12.2. The Labute approximate surface area is 117 Å². The third-order valence-electron chi connectivity index (χ3n) is 2.77. The van der Waals surface area contributed by atoms with Crippen LogP contribution in [-0.4, -0.2) is 38.4 Å². The van der Waals surface area contributed by atoms with E-state index < -0.39 is 18.1 Å². The lowest BCUT2D eigenvalue weighted by Crippen LogP contribution is -2.34. The predicted molar refractivity (Wildman–Crippen MR) is 74.4 cm³/mol. The van der Waals surface area contributed by atoms with Gasteiger partial charge in [-0.1, -0.05) is 0 Å². The van der Waals surface area contributed by atoms with Crippen molar-refractivity contribution in [3.63, 3.8) is 0 Å². The van der Waals surface area contributed by atoms with Crippen LogP contribution in [0.5, 0.6) is 0 Å². The van der Waals surface area contributed by atoms with E-state index in [2.05, 4.69) is 5.32 Å². The first-order valence-corrected chi connectivity index (χ1v) is 5.95. The summed E-state index contributed by atoms with van der Waals surface area (Å²) in [5.41, 5.74) is 11.4. The van der Waals surface area contributed by atoms with Gasteiger partial charge >= 0.3 is 0 Å². The maximum Gasteiger partial charge on any atom is 0.248 e. The monoisotopic (exact) mass is 281 g/mol. The van der Waals surface area contributed by atoms with Crippen LogP contribution in [0.15, 0.2) is 18.2 Å². The van der Waals surface area contributed by atoms with Crippen molar-refractivity contribution < 1.29 is 19.1 Å². The van der Waals surface area contributed by atoms with Crippen molar-refractivity contribution in [2.24, 2.45) is 11.5 Å². The lowest BCUT2D eigenvalue weighted by atomic mass is 10.1. The van der Waals surface area contributed by atoms with Gasteiger partial charge in [0, 0.05) is 31.0 Å². The molecule has 0 fully saturated rings. The van der Waals surface area contributed by atoms with Gasteiger partial charge in [-0.05, 0) is 25.1 Å². The first kappa shape index (κ1) is 15.9. The standard InChI is InChI=1S/C13H19N3O4/c1-7(13(19-2)20-3)16-10-5-8(11(14)17)4-9(6-10)12(15)18/h4-7,13,16H,1-3H3,(H2,14,17)(H2,15,18). The number of anilines is 1. The van der Waals surface area contributed by atoms with Gasteiger partial charge in [-0.15, -0.1) is 0 Å². The molecule has 0 radical (unpaired) electrons. The number of rotatable bonds is 7. The zero-order chi connectivity index (χ0) is 15.3. The molecular weight excluding hydrogens is 262 g/mol. The average molecular weight is 281 g/mol. The topological polar surface area (TPSA) is 117 Å². The van der Waals surface area contributed by atoms with Crippen LogP contribution >= 0.6 is 0 Å². The van der Waals surface area contributed by atoms with Crippen LogP contribution in [0.2, 0.25) is 0 Å². The van der Waals surface area contributed by atoms with E-state index in [9.17, 15) is 9.59 Å². The number of amides is 2. The second-order valence-electron chi connectivity index (χ2n) is 4.30. The highest BCUT2D eigenvalue weighted by Crippen LogP contribution is 2.17. The Kier molecular flexibility index (Phi) is 5.48. The quantitative estimate of drug-likeness (QED) is 0.622. The van der Waals surface area contributed by atoms with Crippen LogP contribution in [0.3, 0.4) is 0 Å². The van der Waals surface area contributed by atoms with Gasteiger partial charge in [-0.3, -0.25) is 9.59 Å². The number of hydrogen-bond acceptors (Lipinski definition) is 5. The number of methoxy groups -OCH3 is 2. The van der Waals surface area contributed by atoms with Crippen molar-refractivity contribution in [2.45, 2.75) is 19.3 Å². The number of nitrogens with two attached hydrogens (primary N) is 2. The van der Waals surface area contributed by atoms with Crippen LogP contribution in [0.1, 0.15) is 27.6 Å². The molecule has 0 aliphatic carbocycles. The molecule has 0 saturated carbocycles. The number of hydrogen-bond donors (Lipinski definition) is 3. The molecule has 1 aromatic rings. The summed E-state index contributed by atoms with van der Waals surface area (Å²) in [6.07, 6.45) is -0.482. The van der Waals surface area contributed by atoms with Gasteiger partial charge in [-0.25, -0.2) is 0 Å². The lowest BCUT2D eigenvalue weighted by molar-refractivity contribution is -0.109. The van der Waals surface area contributed by atoms with E-state index in [0.717, 1.165) is 0 Å². The number of carbonyl (C=O) groups excluding carboxylic acids is 2. The maximum absolute atomic E-state index is 11.3. The maximum atomic E-state index is 11.3. The van der Waals surface area contributed by atoms with E-state index in [1.807, 2.05) is 6.92 Å². The molecule has 1 aromatic carbocycles. The Balaban J connectivity index is 3.05. The molecule has 110 valence electrons. The third-order valence-corrected chi connectivity index (χ3v) is 2.77. The second-order valence-corrected chi connectivity index (χ2v) is 4.30. The van der Waals surface area contributed by atoms with Gasteiger partial charge < -0.3 is 26.3 Å². The van der Waals surface area contributed by atoms with Crippen LogP contribution in [0.25, 0.3) is 0 Å². The molecule has 2 amide bonds. The summed E-state index contributed by atoms with van der Waals surface area (Å²) >= 11 is 0. The van der Waals surface area contributed by atoms with Crippen molar-refractivity contribution in [3.05, 3.63) is 29.3 Å². The van der Waals surface area contributed by atoms with Gasteiger partial charge in [0.05, 0.1) is 6.04 Å². The number of nitrogens with one attached hydrogen (secondary N) is 1. The number of ether oxygens (including phenoxy) is 2. The van der Waals surface area contributed by atoms with Crippen molar-refractivity contribution >= 4 is 17.5 Å². The third kappa shape index (κ3) is 3.94. The fourth-order valence-electron chi connectivity index (χ4n) is 1.83. The van der Waals surface area contributed by atoms with E-state index >= 15 is 0 Å². The molecule has 20 heavy (non-hydrogen) atoms. The molecule has 1 atom stereocenters. The summed E-state index contributed by atoms with van der Waals surface area (Å²) in [6.45, 7) is 1.83. The van der Waals surface area contributed by atoms with Gasteiger partial charge in [-0.2, -0.15) is 0 Å². The predicted octanol–water partition coefficient (Wildman–Crippen LogP) is 0.304. The highest BCUT2D eigenvalue weighted by Gasteiger charge is 2.17. The van der Waals surface area contributed by atoms with Crippen molar-refractivity contribution in [1.29, 1.82) is 0 Å². The molecule has 0 aromatic heterocycles. The zero-order valence-corrected chi connectivity index (χ0v) is 11.7. The summed E-state index contributed by atoms with van der Waals surface area (Å²) in [5, 5.41) is 3.07. The smallest absolute Gasteiger partial charge is 0.248 e. The fourth-order valence-corrected chi connectivity index (χ4v) is 1.83. The summed E-state index contributed by atoms with van der Waals surface area (Å²) in [5.74, 6) is -1.28. The second kappa shape index (κ2) is 6.88. The number of primary amides is 2. The molecule has 1 unspecified atom stereocenters. The molecule has 0 aliphatic heterocycles. The number of benzene rings is 1. The highest BCUT2D eigenvalue weighted by molar-refractivity contribution is 5.99. The van der Waals surface area contributed by atoms with Crippen molar-refractivity contribution in [3.8, 4) is 0 Å². The van der Waals surface area contributed by atoms with E-state index in [4.69, 9.17) is 20.9 Å². The van der Waals surface area contributed by atoms with E-state index in [1.54, 1.807) is 0 Å². The Morgan fingerprint density at radius 3 is 1.85 bits per heavy atom. The minimum atomic E-state index is -0.640. The first-order valence-electron chi connectivity index (χ1n) is 5.95. The molecule has 0 heterocycles. The molecular formula is C13H19N3O4. The lowest BCUT2D eigenvalue weighted by Gasteiger charge is -2.23. The van der Waals surface area contributed by atoms with Crippen LogP contribution in [0.4, 0.5) is 5.69 Å². The molecule has 0 bridgehead atoms.